The van der Waals surface area contributed by atoms with Crippen molar-refractivity contribution in [2.75, 3.05) is 7.11 Å². The Morgan fingerprint density at radius 3 is 2.86 bits per heavy atom. The van der Waals surface area contributed by atoms with E-state index in [1.807, 2.05) is 6.92 Å². The van der Waals surface area contributed by atoms with Crippen LogP contribution in [-0.2, 0) is 16.0 Å². The van der Waals surface area contributed by atoms with Crippen molar-refractivity contribution in [1.29, 1.82) is 0 Å². The molecule has 1 atom stereocenters. The van der Waals surface area contributed by atoms with Crippen molar-refractivity contribution in [3.8, 4) is 0 Å². The molecule has 5 heteroatoms. The number of aromatic nitrogens is 1. The maximum absolute atomic E-state index is 11.5. The van der Waals surface area contributed by atoms with E-state index in [0.29, 0.717) is 6.42 Å². The smallest absolute Gasteiger partial charge is 0.240 e. The van der Waals surface area contributed by atoms with Gasteiger partial charge in [0.25, 0.3) is 0 Å². The third-order valence-corrected chi connectivity index (χ3v) is 4.32. The molecule has 1 aromatic rings. The van der Waals surface area contributed by atoms with Crippen LogP contribution in [0.5, 0.6) is 0 Å². The first-order valence-corrected chi connectivity index (χ1v) is 7.77. The van der Waals surface area contributed by atoms with Gasteiger partial charge in [-0.1, -0.05) is 19.9 Å². The molecule has 0 radical (unpaired) electrons. The average Bonchev–Trinajstić information content (AvgIpc) is 2.53. The van der Waals surface area contributed by atoms with Crippen LogP contribution in [-0.4, -0.2) is 23.7 Å². The van der Waals surface area contributed by atoms with Gasteiger partial charge in [0.2, 0.25) is 5.91 Å². The number of fused-ring (bicyclic) bond motifs is 1. The highest BCUT2D eigenvalue weighted by atomic mass is 16.5. The van der Waals surface area contributed by atoms with Crippen LogP contribution in [0.1, 0.15) is 38.8 Å². The molecule has 0 aromatic carbocycles. The molecule has 116 valence electrons. The largest absolute Gasteiger partial charge is 0.499 e. The number of hydrogen-bond donors (Lipinski definition) is 1. The zero-order valence-electron chi connectivity index (χ0n) is 13.3. The summed E-state index contributed by atoms with van der Waals surface area (Å²) in [6, 6.07) is 4.17. The number of nitrogens with one attached hydrogen (secondary N) is 1. The molecule has 1 aliphatic heterocycles. The van der Waals surface area contributed by atoms with E-state index in [2.05, 4.69) is 29.6 Å². The molecule has 0 spiro atoms. The van der Waals surface area contributed by atoms with Crippen molar-refractivity contribution in [3.05, 3.63) is 28.4 Å². The maximum atomic E-state index is 11.5. The summed E-state index contributed by atoms with van der Waals surface area (Å²) in [5.41, 5.74) is 5.82. The van der Waals surface area contributed by atoms with Gasteiger partial charge in [0.05, 0.1) is 12.8 Å². The van der Waals surface area contributed by atoms with Crippen LogP contribution < -0.4 is 16.0 Å². The van der Waals surface area contributed by atoms with E-state index in [-0.39, 0.29) is 11.8 Å². The van der Waals surface area contributed by atoms with Gasteiger partial charge in [-0.15, -0.1) is 0 Å². The quantitative estimate of drug-likeness (QED) is 0.900. The summed E-state index contributed by atoms with van der Waals surface area (Å²) >= 11 is 0. The molecule has 2 heterocycles. The van der Waals surface area contributed by atoms with Crippen molar-refractivity contribution in [2.24, 2.45) is 11.0 Å². The molecule has 1 aromatic heterocycles. The molecule has 2 aliphatic rings. The van der Waals surface area contributed by atoms with Gasteiger partial charge < -0.3 is 4.74 Å². The van der Waals surface area contributed by atoms with Crippen molar-refractivity contribution in [3.63, 3.8) is 0 Å². The van der Waals surface area contributed by atoms with Crippen LogP contribution >= 0.6 is 0 Å². The second-order valence-electron chi connectivity index (χ2n) is 5.80. The molecule has 5 nitrogen and oxygen atoms in total. The summed E-state index contributed by atoms with van der Waals surface area (Å²) in [4.78, 5) is 16.2. The molecular weight excluding hydrogens is 278 g/mol. The predicted octanol–water partition coefficient (Wildman–Crippen LogP) is 0.855. The molecule has 0 fully saturated rings. The van der Waals surface area contributed by atoms with E-state index in [0.717, 1.165) is 47.0 Å². The topological polar surface area (TPSA) is 63.6 Å². The van der Waals surface area contributed by atoms with E-state index < -0.39 is 0 Å². The van der Waals surface area contributed by atoms with Gasteiger partial charge in [-0.25, -0.2) is 10.4 Å². The Labute approximate surface area is 129 Å². The lowest BCUT2D eigenvalue weighted by atomic mass is 9.88. The molecular formula is C17H21N3O2. The highest BCUT2D eigenvalue weighted by Gasteiger charge is 2.25. The number of amides is 1. The standard InChI is InChI=1S/C17H21N3O2/c1-4-11-5-6-13-12(7-8-14(22-3)17(13)18-11)16-10(2)9-15(21)19-20-16/h5-6,10H,4,7-9H2,1-3H3,(H,19,21). The molecule has 1 unspecified atom stereocenters. The number of carbonyl (C=O) groups excluding carboxylic acids is 1. The highest BCUT2D eigenvalue weighted by molar-refractivity contribution is 6.21. The molecule has 0 saturated carbocycles. The van der Waals surface area contributed by atoms with E-state index in [1.165, 1.54) is 5.57 Å². The van der Waals surface area contributed by atoms with Gasteiger partial charge in [0.15, 0.2) is 0 Å². The Hall–Kier alpha value is -2.17. The number of aryl methyl sites for hydroxylation is 1. The average molecular weight is 299 g/mol. The van der Waals surface area contributed by atoms with E-state index in [1.54, 1.807) is 7.11 Å². The van der Waals surface area contributed by atoms with Crippen molar-refractivity contribution in [2.45, 2.75) is 39.5 Å². The van der Waals surface area contributed by atoms with Crippen LogP contribution in [0.4, 0.5) is 0 Å². The van der Waals surface area contributed by atoms with Crippen LogP contribution in [0, 0.1) is 5.92 Å². The molecule has 1 aliphatic carbocycles. The minimum atomic E-state index is -0.0171. The maximum Gasteiger partial charge on any atom is 0.240 e. The summed E-state index contributed by atoms with van der Waals surface area (Å²) in [6.07, 6.45) is 3.06. The fourth-order valence-corrected chi connectivity index (χ4v) is 3.13. The summed E-state index contributed by atoms with van der Waals surface area (Å²) < 4.78 is 5.53. The molecule has 1 N–H and O–H groups in total. The minimum absolute atomic E-state index is 0.0171. The zero-order chi connectivity index (χ0) is 15.7. The van der Waals surface area contributed by atoms with Crippen LogP contribution in [0.3, 0.4) is 0 Å². The lowest BCUT2D eigenvalue weighted by Gasteiger charge is -2.23. The number of hydrazone groups is 1. The summed E-state index contributed by atoms with van der Waals surface area (Å²) in [7, 11) is 1.70. The summed E-state index contributed by atoms with van der Waals surface area (Å²) in [6.45, 7) is 4.14. The monoisotopic (exact) mass is 299 g/mol. The number of carbonyl (C=O) groups is 1. The van der Waals surface area contributed by atoms with Gasteiger partial charge in [-0.2, -0.15) is 5.10 Å². The van der Waals surface area contributed by atoms with Gasteiger partial charge in [0.1, 0.15) is 11.1 Å². The normalized spacial score (nSPS) is 21.1. The third kappa shape index (κ3) is 2.51. The fourth-order valence-electron chi connectivity index (χ4n) is 3.13. The second-order valence-corrected chi connectivity index (χ2v) is 5.80. The Morgan fingerprint density at radius 2 is 2.18 bits per heavy atom. The first kappa shape index (κ1) is 14.8. The second kappa shape index (κ2) is 5.91. The predicted molar refractivity (Wildman–Crippen MR) is 85.3 cm³/mol. The molecule has 0 bridgehead atoms. The molecule has 1 amide bonds. The van der Waals surface area contributed by atoms with Crippen LogP contribution in [0.25, 0.3) is 11.3 Å². The minimum Gasteiger partial charge on any atom is -0.499 e. The third-order valence-electron chi connectivity index (χ3n) is 4.32. The number of ether oxygens (including phenoxy) is 1. The number of rotatable bonds is 3. The number of nitrogens with zero attached hydrogens (tertiary/aromatic N) is 2. The van der Waals surface area contributed by atoms with Gasteiger partial charge in [-0.3, -0.25) is 4.79 Å². The number of methoxy groups -OCH3 is 1. The van der Waals surface area contributed by atoms with Gasteiger partial charge in [-0.05, 0) is 24.5 Å². The van der Waals surface area contributed by atoms with Crippen LogP contribution in [0.15, 0.2) is 17.2 Å². The Morgan fingerprint density at radius 1 is 1.36 bits per heavy atom. The van der Waals surface area contributed by atoms with Crippen molar-refractivity contribution in [1.82, 2.24) is 10.4 Å². The van der Waals surface area contributed by atoms with E-state index in [9.17, 15) is 4.79 Å². The first-order chi connectivity index (χ1) is 10.6. The van der Waals surface area contributed by atoms with Crippen molar-refractivity contribution < 1.29 is 9.53 Å². The Bertz CT molecular complexity index is 765. The lowest BCUT2D eigenvalue weighted by Crippen LogP contribution is -2.41. The molecule has 22 heavy (non-hydrogen) atoms. The number of pyridine rings is 1. The van der Waals surface area contributed by atoms with Crippen LogP contribution in [0.2, 0.25) is 0 Å². The van der Waals surface area contributed by atoms with Gasteiger partial charge >= 0.3 is 0 Å². The number of hydrogen-bond acceptors (Lipinski definition) is 4. The van der Waals surface area contributed by atoms with Crippen molar-refractivity contribution >= 4 is 23.0 Å². The SMILES string of the molecule is CCc1ccc2c(n1)=C(OC)CCC=2C1=NNC(=O)CC1C. The lowest BCUT2D eigenvalue weighted by molar-refractivity contribution is -0.121. The summed E-state index contributed by atoms with van der Waals surface area (Å²) in [5, 5.41) is 6.32. The van der Waals surface area contributed by atoms with E-state index >= 15 is 0 Å². The zero-order valence-corrected chi connectivity index (χ0v) is 13.3. The molecule has 3 rings (SSSR count). The summed E-state index contributed by atoms with van der Waals surface area (Å²) in [5.74, 6) is 1.05. The van der Waals surface area contributed by atoms with Gasteiger partial charge in [0, 0.05) is 29.7 Å². The molecule has 0 saturated heterocycles. The highest BCUT2D eigenvalue weighted by Crippen LogP contribution is 2.23. The first-order valence-electron chi connectivity index (χ1n) is 7.77. The Kier molecular flexibility index (Phi) is 3.96. The van der Waals surface area contributed by atoms with E-state index in [4.69, 9.17) is 9.72 Å². The fraction of sp³-hybridized carbons (Fsp3) is 0.471. The Balaban J connectivity index is 2.24.